The van der Waals surface area contributed by atoms with E-state index in [1.807, 2.05) is 24.7 Å². The Hall–Kier alpha value is -3.34. The van der Waals surface area contributed by atoms with Crippen molar-refractivity contribution in [3.63, 3.8) is 0 Å². The van der Waals surface area contributed by atoms with E-state index >= 15 is 0 Å². The third-order valence-corrected chi connectivity index (χ3v) is 4.58. The first kappa shape index (κ1) is 14.0. The highest BCUT2D eigenvalue weighted by Crippen LogP contribution is 2.26. The van der Waals surface area contributed by atoms with Gasteiger partial charge in [-0.25, -0.2) is 4.98 Å². The van der Waals surface area contributed by atoms with Crippen LogP contribution in [0.2, 0.25) is 0 Å². The molecule has 0 spiro atoms. The van der Waals surface area contributed by atoms with E-state index in [0.29, 0.717) is 0 Å². The lowest BCUT2D eigenvalue weighted by Gasteiger charge is -2.03. The molecule has 0 bridgehead atoms. The van der Waals surface area contributed by atoms with Gasteiger partial charge in [0, 0.05) is 34.9 Å². The zero-order chi connectivity index (χ0) is 16.8. The van der Waals surface area contributed by atoms with Gasteiger partial charge in [-0.15, -0.1) is 0 Å². The van der Waals surface area contributed by atoms with Gasteiger partial charge in [0.15, 0.2) is 0 Å². The van der Waals surface area contributed by atoms with E-state index in [4.69, 9.17) is 0 Å². The summed E-state index contributed by atoms with van der Waals surface area (Å²) in [6.07, 6.45) is 5.83. The van der Waals surface area contributed by atoms with Crippen LogP contribution in [0.5, 0.6) is 0 Å². The smallest absolute Gasteiger partial charge is 0.0956 e. The molecule has 0 saturated carbocycles. The van der Waals surface area contributed by atoms with Crippen molar-refractivity contribution < 1.29 is 0 Å². The SMILES string of the molecule is Cc1cc2ccc(Cn3cnc(-c4cccc5[nH]ncc45)c3)cc2[nH]1. The second-order valence-corrected chi connectivity index (χ2v) is 6.44. The lowest BCUT2D eigenvalue weighted by atomic mass is 10.1. The molecule has 122 valence electrons. The van der Waals surface area contributed by atoms with Gasteiger partial charge in [0.1, 0.15) is 0 Å². The van der Waals surface area contributed by atoms with Gasteiger partial charge in [0.05, 0.1) is 23.7 Å². The molecule has 0 unspecified atom stereocenters. The molecule has 0 fully saturated rings. The molecule has 3 aromatic heterocycles. The average Bonchev–Trinajstić information content (AvgIpc) is 3.32. The Morgan fingerprint density at radius 1 is 1.08 bits per heavy atom. The molecule has 0 radical (unpaired) electrons. The first-order valence-corrected chi connectivity index (χ1v) is 8.29. The lowest BCUT2D eigenvalue weighted by Crippen LogP contribution is -1.96. The maximum Gasteiger partial charge on any atom is 0.0956 e. The number of nitrogens with zero attached hydrogens (tertiary/aromatic N) is 3. The molecule has 0 saturated heterocycles. The fourth-order valence-electron chi connectivity index (χ4n) is 3.41. The first-order valence-electron chi connectivity index (χ1n) is 8.29. The molecule has 5 heteroatoms. The minimum absolute atomic E-state index is 0.794. The zero-order valence-electron chi connectivity index (χ0n) is 13.8. The van der Waals surface area contributed by atoms with Crippen molar-refractivity contribution in [3.05, 3.63) is 72.4 Å². The summed E-state index contributed by atoms with van der Waals surface area (Å²) in [5.41, 5.74) is 6.70. The number of imidazole rings is 1. The maximum atomic E-state index is 4.59. The fourth-order valence-corrected chi connectivity index (χ4v) is 3.41. The quantitative estimate of drug-likeness (QED) is 0.520. The van der Waals surface area contributed by atoms with E-state index < -0.39 is 0 Å². The molecule has 0 atom stereocenters. The van der Waals surface area contributed by atoms with Crippen LogP contribution in [0.3, 0.4) is 0 Å². The molecule has 5 rings (SSSR count). The van der Waals surface area contributed by atoms with Gasteiger partial charge >= 0.3 is 0 Å². The van der Waals surface area contributed by atoms with Crippen LogP contribution in [0.1, 0.15) is 11.3 Å². The van der Waals surface area contributed by atoms with E-state index in [-0.39, 0.29) is 0 Å². The standard InChI is InChI=1S/C20H17N5/c1-13-7-15-6-5-14(8-19(15)23-13)10-25-11-20(21-12-25)16-3-2-4-18-17(16)9-22-24-18/h2-9,11-12,23H,10H2,1H3,(H,22,24). The van der Waals surface area contributed by atoms with Crippen LogP contribution in [-0.4, -0.2) is 24.7 Å². The van der Waals surface area contributed by atoms with Crippen LogP contribution in [0, 0.1) is 6.92 Å². The van der Waals surface area contributed by atoms with Gasteiger partial charge in [-0.3, -0.25) is 5.10 Å². The third-order valence-electron chi connectivity index (χ3n) is 4.58. The number of fused-ring (bicyclic) bond motifs is 2. The predicted molar refractivity (Wildman–Crippen MR) is 99.5 cm³/mol. The molecule has 0 aliphatic rings. The highest BCUT2D eigenvalue weighted by molar-refractivity contribution is 5.93. The van der Waals surface area contributed by atoms with Crippen molar-refractivity contribution in [1.82, 2.24) is 24.7 Å². The summed E-state index contributed by atoms with van der Waals surface area (Å²) in [7, 11) is 0. The highest BCUT2D eigenvalue weighted by Gasteiger charge is 2.08. The molecule has 0 amide bonds. The summed E-state index contributed by atoms with van der Waals surface area (Å²) in [5, 5.41) is 9.48. The zero-order valence-corrected chi connectivity index (χ0v) is 13.8. The van der Waals surface area contributed by atoms with Crippen LogP contribution < -0.4 is 0 Å². The molecule has 2 N–H and O–H groups in total. The number of rotatable bonds is 3. The average molecular weight is 327 g/mol. The molecule has 5 nitrogen and oxygen atoms in total. The van der Waals surface area contributed by atoms with Crippen molar-refractivity contribution in [1.29, 1.82) is 0 Å². The second-order valence-electron chi connectivity index (χ2n) is 6.44. The number of aromatic nitrogens is 5. The third kappa shape index (κ3) is 2.41. The van der Waals surface area contributed by atoms with Crippen molar-refractivity contribution in [2.24, 2.45) is 0 Å². The van der Waals surface area contributed by atoms with E-state index in [1.54, 1.807) is 0 Å². The predicted octanol–water partition coefficient (Wildman–Crippen LogP) is 4.26. The minimum Gasteiger partial charge on any atom is -0.359 e. The molecule has 2 aromatic carbocycles. The number of aryl methyl sites for hydroxylation is 1. The number of hydrogen-bond acceptors (Lipinski definition) is 2. The Morgan fingerprint density at radius 3 is 3.00 bits per heavy atom. The summed E-state index contributed by atoms with van der Waals surface area (Å²) >= 11 is 0. The Kier molecular flexibility index (Phi) is 3.00. The Labute approximate surface area is 144 Å². The highest BCUT2D eigenvalue weighted by atomic mass is 15.1. The van der Waals surface area contributed by atoms with Gasteiger partial charge in [0.25, 0.3) is 0 Å². The van der Waals surface area contributed by atoms with Gasteiger partial charge in [0.2, 0.25) is 0 Å². The van der Waals surface area contributed by atoms with Gasteiger partial charge in [-0.1, -0.05) is 24.3 Å². The number of H-pyrrole nitrogens is 2. The molecule has 25 heavy (non-hydrogen) atoms. The summed E-state index contributed by atoms with van der Waals surface area (Å²) in [5.74, 6) is 0. The summed E-state index contributed by atoms with van der Waals surface area (Å²) in [6.45, 7) is 2.88. The normalized spacial score (nSPS) is 11.6. The Balaban J connectivity index is 1.48. The molecule has 0 aliphatic heterocycles. The largest absolute Gasteiger partial charge is 0.359 e. The number of benzene rings is 2. The molecular formula is C20H17N5. The lowest BCUT2D eigenvalue weighted by molar-refractivity contribution is 0.798. The topological polar surface area (TPSA) is 62.3 Å². The van der Waals surface area contributed by atoms with E-state index in [0.717, 1.165) is 28.7 Å². The summed E-state index contributed by atoms with van der Waals surface area (Å²) in [6, 6.07) is 14.8. The van der Waals surface area contributed by atoms with Gasteiger partial charge in [-0.05, 0) is 36.1 Å². The first-order chi connectivity index (χ1) is 12.3. The molecule has 0 aliphatic carbocycles. The number of nitrogens with one attached hydrogen (secondary N) is 2. The molecular weight excluding hydrogens is 310 g/mol. The fraction of sp³-hybridized carbons (Fsp3) is 0.100. The number of aromatic amines is 2. The van der Waals surface area contributed by atoms with Crippen molar-refractivity contribution in [2.75, 3.05) is 0 Å². The van der Waals surface area contributed by atoms with Gasteiger partial charge < -0.3 is 9.55 Å². The van der Waals surface area contributed by atoms with Crippen molar-refractivity contribution >= 4 is 21.8 Å². The summed E-state index contributed by atoms with van der Waals surface area (Å²) in [4.78, 5) is 7.99. The monoisotopic (exact) mass is 327 g/mol. The van der Waals surface area contributed by atoms with Crippen LogP contribution in [-0.2, 0) is 6.54 Å². The molecule has 5 aromatic rings. The van der Waals surface area contributed by atoms with E-state index in [2.05, 4.69) is 68.2 Å². The van der Waals surface area contributed by atoms with Crippen LogP contribution in [0.4, 0.5) is 0 Å². The van der Waals surface area contributed by atoms with Crippen LogP contribution in [0.15, 0.2) is 61.2 Å². The number of hydrogen-bond donors (Lipinski definition) is 2. The maximum absolute atomic E-state index is 4.59. The second kappa shape index (κ2) is 5.34. The minimum atomic E-state index is 0.794. The Bertz CT molecular complexity index is 1190. The van der Waals surface area contributed by atoms with Crippen LogP contribution >= 0.6 is 0 Å². The van der Waals surface area contributed by atoms with Gasteiger partial charge in [-0.2, -0.15) is 5.10 Å². The van der Waals surface area contributed by atoms with Crippen LogP contribution in [0.25, 0.3) is 33.1 Å². The van der Waals surface area contributed by atoms with Crippen molar-refractivity contribution in [3.8, 4) is 11.3 Å². The van der Waals surface area contributed by atoms with E-state index in [9.17, 15) is 0 Å². The van der Waals surface area contributed by atoms with E-state index in [1.165, 1.54) is 22.2 Å². The van der Waals surface area contributed by atoms with Crippen molar-refractivity contribution in [2.45, 2.75) is 13.5 Å². The molecule has 3 heterocycles. The summed E-state index contributed by atoms with van der Waals surface area (Å²) < 4.78 is 2.12. The Morgan fingerprint density at radius 2 is 2.04 bits per heavy atom.